The van der Waals surface area contributed by atoms with Crippen LogP contribution in [0.3, 0.4) is 0 Å². The molecular formula is C17H29N3O3. The van der Waals surface area contributed by atoms with Crippen molar-refractivity contribution in [1.29, 1.82) is 0 Å². The fourth-order valence-corrected chi connectivity index (χ4v) is 1.91. The molecule has 0 fully saturated rings. The summed E-state index contributed by atoms with van der Waals surface area (Å²) in [4.78, 5) is 4.59. The van der Waals surface area contributed by atoms with Gasteiger partial charge < -0.3 is 24.8 Å². The Bertz CT molecular complexity index is 452. The third-order valence-electron chi connectivity index (χ3n) is 3.04. The van der Waals surface area contributed by atoms with E-state index in [-0.39, 0.29) is 0 Å². The summed E-state index contributed by atoms with van der Waals surface area (Å²) < 4.78 is 15.6. The maximum absolute atomic E-state index is 5.61. The average molecular weight is 323 g/mol. The maximum atomic E-state index is 5.61. The van der Waals surface area contributed by atoms with E-state index in [2.05, 4.69) is 22.5 Å². The lowest BCUT2D eigenvalue weighted by molar-refractivity contribution is 0.146. The van der Waals surface area contributed by atoms with Crippen molar-refractivity contribution in [2.24, 2.45) is 4.99 Å². The van der Waals surface area contributed by atoms with Crippen molar-refractivity contribution < 1.29 is 14.2 Å². The van der Waals surface area contributed by atoms with Gasteiger partial charge in [0.25, 0.3) is 0 Å². The van der Waals surface area contributed by atoms with Crippen molar-refractivity contribution in [3.63, 3.8) is 0 Å². The summed E-state index contributed by atoms with van der Waals surface area (Å²) in [7, 11) is 3.37. The van der Waals surface area contributed by atoms with Gasteiger partial charge in [0, 0.05) is 33.9 Å². The molecule has 0 saturated carbocycles. The number of nitrogens with one attached hydrogen (secondary N) is 2. The second-order valence-corrected chi connectivity index (χ2v) is 4.96. The summed E-state index contributed by atoms with van der Waals surface area (Å²) in [6.45, 7) is 6.19. The fourth-order valence-electron chi connectivity index (χ4n) is 1.91. The van der Waals surface area contributed by atoms with Gasteiger partial charge in [-0.15, -0.1) is 0 Å². The van der Waals surface area contributed by atoms with Gasteiger partial charge in [-0.25, -0.2) is 4.99 Å². The van der Waals surface area contributed by atoms with Crippen LogP contribution in [0.4, 0.5) is 0 Å². The van der Waals surface area contributed by atoms with Crippen LogP contribution in [-0.4, -0.2) is 53.1 Å². The Morgan fingerprint density at radius 2 is 1.91 bits per heavy atom. The molecule has 0 aliphatic carbocycles. The number of nitrogens with zero attached hydrogens (tertiary/aromatic N) is 1. The number of rotatable bonds is 11. The van der Waals surface area contributed by atoms with Crippen LogP contribution in [0.5, 0.6) is 5.75 Å². The molecule has 130 valence electrons. The summed E-state index contributed by atoms with van der Waals surface area (Å²) in [5.74, 6) is 1.65. The molecule has 6 nitrogen and oxygen atoms in total. The Kier molecular flexibility index (Phi) is 10.7. The molecule has 0 spiro atoms. The molecule has 0 amide bonds. The van der Waals surface area contributed by atoms with Crippen LogP contribution in [0.1, 0.15) is 18.9 Å². The lowest BCUT2D eigenvalue weighted by Gasteiger charge is -2.11. The van der Waals surface area contributed by atoms with Gasteiger partial charge in [0.2, 0.25) is 0 Å². The highest BCUT2D eigenvalue weighted by Gasteiger charge is 1.99. The van der Waals surface area contributed by atoms with Crippen molar-refractivity contribution in [2.45, 2.75) is 19.9 Å². The second-order valence-electron chi connectivity index (χ2n) is 4.96. The van der Waals surface area contributed by atoms with E-state index in [9.17, 15) is 0 Å². The zero-order valence-electron chi connectivity index (χ0n) is 14.4. The molecule has 1 rings (SSSR count). The fraction of sp³-hybridized carbons (Fsp3) is 0.588. The lowest BCUT2D eigenvalue weighted by Crippen LogP contribution is -2.38. The molecule has 0 unspecified atom stereocenters. The first-order chi connectivity index (χ1) is 11.3. The van der Waals surface area contributed by atoms with Gasteiger partial charge in [-0.05, 0) is 31.0 Å². The van der Waals surface area contributed by atoms with E-state index < -0.39 is 0 Å². The standard InChI is InChI=1S/C17H29N3O3/c1-4-18-17(19-9-6-10-21-2)20-14-15-7-5-8-16(13-15)23-12-11-22-3/h5,7-8,13H,4,6,9-12,14H2,1-3H3,(H2,18,19,20). The summed E-state index contributed by atoms with van der Waals surface area (Å²) in [5, 5.41) is 6.53. The van der Waals surface area contributed by atoms with E-state index in [1.807, 2.05) is 24.3 Å². The van der Waals surface area contributed by atoms with E-state index in [1.165, 1.54) is 0 Å². The van der Waals surface area contributed by atoms with Crippen LogP contribution in [0.25, 0.3) is 0 Å². The molecule has 0 atom stereocenters. The molecular weight excluding hydrogens is 294 g/mol. The summed E-state index contributed by atoms with van der Waals surface area (Å²) in [5.41, 5.74) is 1.11. The molecule has 0 aromatic heterocycles. The van der Waals surface area contributed by atoms with Crippen molar-refractivity contribution in [3.05, 3.63) is 29.8 Å². The van der Waals surface area contributed by atoms with Gasteiger partial charge in [0.15, 0.2) is 5.96 Å². The highest BCUT2D eigenvalue weighted by molar-refractivity contribution is 5.79. The second kappa shape index (κ2) is 12.7. The van der Waals surface area contributed by atoms with E-state index in [1.54, 1.807) is 14.2 Å². The largest absolute Gasteiger partial charge is 0.491 e. The predicted molar refractivity (Wildman–Crippen MR) is 93.1 cm³/mol. The number of methoxy groups -OCH3 is 2. The minimum Gasteiger partial charge on any atom is -0.491 e. The van der Waals surface area contributed by atoms with Crippen LogP contribution in [0, 0.1) is 0 Å². The zero-order chi connectivity index (χ0) is 16.8. The van der Waals surface area contributed by atoms with E-state index >= 15 is 0 Å². The summed E-state index contributed by atoms with van der Waals surface area (Å²) in [6, 6.07) is 7.97. The van der Waals surface area contributed by atoms with Crippen LogP contribution in [0.15, 0.2) is 29.3 Å². The third kappa shape index (κ3) is 9.05. The topological polar surface area (TPSA) is 64.1 Å². The molecule has 2 N–H and O–H groups in total. The van der Waals surface area contributed by atoms with Gasteiger partial charge >= 0.3 is 0 Å². The molecule has 1 aromatic carbocycles. The zero-order valence-corrected chi connectivity index (χ0v) is 14.4. The number of hydrogen-bond donors (Lipinski definition) is 2. The quantitative estimate of drug-likeness (QED) is 0.369. The van der Waals surface area contributed by atoms with Gasteiger partial charge in [0.05, 0.1) is 13.2 Å². The normalized spacial score (nSPS) is 11.3. The first-order valence-electron chi connectivity index (χ1n) is 8.02. The summed E-state index contributed by atoms with van der Waals surface area (Å²) >= 11 is 0. The predicted octanol–water partition coefficient (Wildman–Crippen LogP) is 1.80. The monoisotopic (exact) mass is 323 g/mol. The van der Waals surface area contributed by atoms with Crippen molar-refractivity contribution in [1.82, 2.24) is 10.6 Å². The molecule has 0 bridgehead atoms. The van der Waals surface area contributed by atoms with E-state index in [0.717, 1.165) is 43.4 Å². The first kappa shape index (κ1) is 19.3. The van der Waals surface area contributed by atoms with Crippen molar-refractivity contribution in [2.75, 3.05) is 47.1 Å². The van der Waals surface area contributed by atoms with Crippen molar-refractivity contribution in [3.8, 4) is 5.75 Å². The lowest BCUT2D eigenvalue weighted by atomic mass is 10.2. The van der Waals surface area contributed by atoms with Crippen LogP contribution >= 0.6 is 0 Å². The molecule has 0 saturated heterocycles. The SMILES string of the molecule is CCNC(=NCc1cccc(OCCOC)c1)NCCCOC. The smallest absolute Gasteiger partial charge is 0.191 e. The Hall–Kier alpha value is -1.79. The van der Waals surface area contributed by atoms with Gasteiger partial charge in [-0.3, -0.25) is 0 Å². The van der Waals surface area contributed by atoms with E-state index in [0.29, 0.717) is 19.8 Å². The molecule has 1 aromatic rings. The van der Waals surface area contributed by atoms with Gasteiger partial charge in [-0.2, -0.15) is 0 Å². The number of guanidine groups is 1. The van der Waals surface area contributed by atoms with Crippen LogP contribution in [0.2, 0.25) is 0 Å². The molecule has 0 radical (unpaired) electrons. The first-order valence-corrected chi connectivity index (χ1v) is 8.02. The molecule has 0 heterocycles. The minimum absolute atomic E-state index is 0.549. The Morgan fingerprint density at radius 1 is 1.09 bits per heavy atom. The molecule has 23 heavy (non-hydrogen) atoms. The average Bonchev–Trinajstić information content (AvgIpc) is 2.57. The highest BCUT2D eigenvalue weighted by atomic mass is 16.5. The molecule has 6 heteroatoms. The van der Waals surface area contributed by atoms with Crippen molar-refractivity contribution >= 4 is 5.96 Å². The number of hydrogen-bond acceptors (Lipinski definition) is 4. The minimum atomic E-state index is 0.549. The molecule has 0 aliphatic rings. The Morgan fingerprint density at radius 3 is 2.65 bits per heavy atom. The van der Waals surface area contributed by atoms with Crippen LogP contribution in [-0.2, 0) is 16.0 Å². The van der Waals surface area contributed by atoms with Gasteiger partial charge in [-0.1, -0.05) is 12.1 Å². The maximum Gasteiger partial charge on any atom is 0.191 e. The summed E-state index contributed by atoms with van der Waals surface area (Å²) in [6.07, 6.45) is 0.948. The van der Waals surface area contributed by atoms with Gasteiger partial charge in [0.1, 0.15) is 12.4 Å². The Labute approximate surface area is 139 Å². The van der Waals surface area contributed by atoms with E-state index in [4.69, 9.17) is 14.2 Å². The molecule has 0 aliphatic heterocycles. The number of benzene rings is 1. The Balaban J connectivity index is 2.51. The third-order valence-corrected chi connectivity index (χ3v) is 3.04. The number of aliphatic imine (C=N–C) groups is 1. The van der Waals surface area contributed by atoms with Crippen LogP contribution < -0.4 is 15.4 Å². The highest BCUT2D eigenvalue weighted by Crippen LogP contribution is 2.14. The number of ether oxygens (including phenoxy) is 3.